The normalized spacial score (nSPS) is 18.6. The number of aryl methyl sites for hydroxylation is 1. The molecule has 34 heavy (non-hydrogen) atoms. The first kappa shape index (κ1) is 22.5. The zero-order valence-corrected chi connectivity index (χ0v) is 19.6. The lowest BCUT2D eigenvalue weighted by Crippen LogP contribution is -2.41. The lowest BCUT2D eigenvalue weighted by molar-refractivity contribution is -0.182. The Morgan fingerprint density at radius 1 is 1.03 bits per heavy atom. The molecule has 1 saturated carbocycles. The predicted octanol–water partition coefficient (Wildman–Crippen LogP) is 4.39. The van der Waals surface area contributed by atoms with Crippen LogP contribution in [-0.4, -0.2) is 39.5 Å². The summed E-state index contributed by atoms with van der Waals surface area (Å²) in [6, 6.07) is 14.3. The molecule has 7 nitrogen and oxygen atoms in total. The number of Topliss-reactive ketones (excluding diaryl/α,β-unsaturated/α-hetero) is 1. The topological polar surface area (TPSA) is 90.0 Å². The monoisotopic (exact) mass is 456 g/mol. The summed E-state index contributed by atoms with van der Waals surface area (Å²) in [5.41, 5.74) is 4.45. The number of pyridine rings is 1. The summed E-state index contributed by atoms with van der Waals surface area (Å²) >= 11 is 0. The molecule has 0 amide bonds. The van der Waals surface area contributed by atoms with E-state index in [9.17, 15) is 10.1 Å². The van der Waals surface area contributed by atoms with Crippen molar-refractivity contribution in [3.8, 4) is 11.8 Å². The SMILES string of the molecule is Cc1ccc(-n2ncc(C(=O)Cc3ccc(C4(C#N)CCC5(CC4)OCCO5)nc3)c2C)cc1. The number of benzene rings is 1. The number of carbonyl (C=O) groups is 1. The number of nitriles is 1. The van der Waals surface area contributed by atoms with Gasteiger partial charge in [-0.3, -0.25) is 9.78 Å². The molecule has 0 radical (unpaired) electrons. The minimum Gasteiger partial charge on any atom is -0.348 e. The van der Waals surface area contributed by atoms with Crippen molar-refractivity contribution >= 4 is 5.78 Å². The fourth-order valence-corrected chi connectivity index (χ4v) is 4.99. The summed E-state index contributed by atoms with van der Waals surface area (Å²) < 4.78 is 13.4. The van der Waals surface area contributed by atoms with E-state index in [0.717, 1.165) is 22.6 Å². The minimum atomic E-state index is -0.644. The summed E-state index contributed by atoms with van der Waals surface area (Å²) in [6.45, 7) is 5.18. The number of ether oxygens (including phenoxy) is 2. The van der Waals surface area contributed by atoms with Crippen LogP contribution in [0.3, 0.4) is 0 Å². The van der Waals surface area contributed by atoms with Crippen molar-refractivity contribution in [1.82, 2.24) is 14.8 Å². The smallest absolute Gasteiger partial charge is 0.170 e. The molecule has 1 spiro atoms. The molecule has 5 rings (SSSR count). The van der Waals surface area contributed by atoms with Crippen LogP contribution in [0.15, 0.2) is 48.8 Å². The van der Waals surface area contributed by atoms with Gasteiger partial charge in [0, 0.05) is 25.5 Å². The Hall–Kier alpha value is -3.34. The van der Waals surface area contributed by atoms with E-state index >= 15 is 0 Å². The summed E-state index contributed by atoms with van der Waals surface area (Å²) in [5, 5.41) is 14.4. The van der Waals surface area contributed by atoms with Gasteiger partial charge in [0.1, 0.15) is 0 Å². The quantitative estimate of drug-likeness (QED) is 0.529. The average molecular weight is 457 g/mol. The number of hydrogen-bond acceptors (Lipinski definition) is 6. The molecule has 1 aliphatic carbocycles. The number of ketones is 1. The number of carbonyl (C=O) groups excluding carboxylic acids is 1. The maximum absolute atomic E-state index is 13.0. The zero-order valence-electron chi connectivity index (χ0n) is 19.6. The van der Waals surface area contributed by atoms with Gasteiger partial charge in [0.15, 0.2) is 11.6 Å². The van der Waals surface area contributed by atoms with Crippen molar-refractivity contribution in [2.45, 2.75) is 57.2 Å². The van der Waals surface area contributed by atoms with Crippen molar-refractivity contribution < 1.29 is 14.3 Å². The van der Waals surface area contributed by atoms with Crippen molar-refractivity contribution in [1.29, 1.82) is 5.26 Å². The molecule has 2 aromatic heterocycles. The van der Waals surface area contributed by atoms with Gasteiger partial charge in [-0.25, -0.2) is 4.68 Å². The molecule has 0 unspecified atom stereocenters. The molecule has 0 bridgehead atoms. The van der Waals surface area contributed by atoms with E-state index in [1.54, 1.807) is 17.1 Å². The number of aromatic nitrogens is 3. The average Bonchev–Trinajstić information content (AvgIpc) is 3.48. The Labute approximate surface area is 199 Å². The Bertz CT molecular complexity index is 1220. The highest BCUT2D eigenvalue weighted by atomic mass is 16.7. The van der Waals surface area contributed by atoms with Gasteiger partial charge < -0.3 is 9.47 Å². The van der Waals surface area contributed by atoms with Crippen LogP contribution in [0.1, 0.15) is 58.6 Å². The van der Waals surface area contributed by atoms with Gasteiger partial charge in [-0.05, 0) is 50.5 Å². The standard InChI is InChI=1S/C27H28N4O3/c1-19-3-6-22(7-4-19)31-20(2)23(17-30-31)24(32)15-21-5-8-25(29-16-21)26(18-28)9-11-27(12-10-26)33-13-14-34-27/h3-8,16-17H,9-15H2,1-2H3. The lowest BCUT2D eigenvalue weighted by Gasteiger charge is -2.39. The van der Waals surface area contributed by atoms with Crippen LogP contribution in [0.4, 0.5) is 0 Å². The van der Waals surface area contributed by atoms with Crippen molar-refractivity contribution in [2.24, 2.45) is 0 Å². The van der Waals surface area contributed by atoms with Crippen LogP contribution in [-0.2, 0) is 21.3 Å². The fourth-order valence-electron chi connectivity index (χ4n) is 4.99. The van der Waals surface area contributed by atoms with Crippen LogP contribution in [0.25, 0.3) is 5.69 Å². The fraction of sp³-hybridized carbons (Fsp3) is 0.407. The Morgan fingerprint density at radius 2 is 1.74 bits per heavy atom. The van der Waals surface area contributed by atoms with E-state index in [-0.39, 0.29) is 12.2 Å². The van der Waals surface area contributed by atoms with Gasteiger partial charge in [0.2, 0.25) is 0 Å². The molecular weight excluding hydrogens is 428 g/mol. The number of nitrogens with zero attached hydrogens (tertiary/aromatic N) is 4. The zero-order chi connectivity index (χ0) is 23.8. The van der Waals surface area contributed by atoms with Gasteiger partial charge >= 0.3 is 0 Å². The highest BCUT2D eigenvalue weighted by molar-refractivity contribution is 5.98. The van der Waals surface area contributed by atoms with Crippen LogP contribution < -0.4 is 0 Å². The summed E-state index contributed by atoms with van der Waals surface area (Å²) in [5.74, 6) is -0.524. The van der Waals surface area contributed by atoms with Crippen LogP contribution in [0.5, 0.6) is 0 Å². The maximum atomic E-state index is 13.0. The second kappa shape index (κ2) is 8.79. The molecule has 0 atom stereocenters. The van der Waals surface area contributed by atoms with Crippen LogP contribution in [0, 0.1) is 25.2 Å². The van der Waals surface area contributed by atoms with Crippen molar-refractivity contribution in [3.63, 3.8) is 0 Å². The molecule has 2 fully saturated rings. The highest BCUT2D eigenvalue weighted by Gasteiger charge is 2.48. The molecule has 174 valence electrons. The van der Waals surface area contributed by atoms with E-state index in [1.165, 1.54) is 5.56 Å². The molecular formula is C27H28N4O3. The third kappa shape index (κ3) is 4.04. The molecule has 1 aliphatic heterocycles. The number of hydrogen-bond donors (Lipinski definition) is 0. The molecule has 3 aromatic rings. The van der Waals surface area contributed by atoms with Crippen LogP contribution in [0.2, 0.25) is 0 Å². The second-order valence-electron chi connectivity index (χ2n) is 9.34. The van der Waals surface area contributed by atoms with E-state index in [2.05, 4.69) is 16.2 Å². The summed E-state index contributed by atoms with van der Waals surface area (Å²) in [7, 11) is 0. The minimum absolute atomic E-state index is 0.00412. The largest absolute Gasteiger partial charge is 0.348 e. The Balaban J connectivity index is 1.29. The first-order chi connectivity index (χ1) is 16.4. The van der Waals surface area contributed by atoms with Crippen LogP contribution >= 0.6 is 0 Å². The molecule has 0 N–H and O–H groups in total. The third-order valence-electron chi connectivity index (χ3n) is 7.16. The van der Waals surface area contributed by atoms with Crippen molar-refractivity contribution in [3.05, 3.63) is 76.9 Å². The molecule has 2 aliphatic rings. The second-order valence-corrected chi connectivity index (χ2v) is 9.34. The summed E-state index contributed by atoms with van der Waals surface area (Å²) in [6.07, 6.45) is 6.25. The van der Waals surface area contributed by atoms with Gasteiger partial charge in [-0.1, -0.05) is 23.8 Å². The van der Waals surface area contributed by atoms with Gasteiger partial charge in [-0.2, -0.15) is 10.4 Å². The van der Waals surface area contributed by atoms with E-state index < -0.39 is 11.2 Å². The summed E-state index contributed by atoms with van der Waals surface area (Å²) in [4.78, 5) is 17.6. The molecule has 7 heteroatoms. The van der Waals surface area contributed by atoms with E-state index in [4.69, 9.17) is 9.47 Å². The molecule has 1 saturated heterocycles. The third-order valence-corrected chi connectivity index (χ3v) is 7.16. The first-order valence-corrected chi connectivity index (χ1v) is 11.7. The highest BCUT2D eigenvalue weighted by Crippen LogP contribution is 2.45. The molecule has 3 heterocycles. The van der Waals surface area contributed by atoms with Crippen molar-refractivity contribution in [2.75, 3.05) is 13.2 Å². The predicted molar refractivity (Wildman–Crippen MR) is 126 cm³/mol. The lowest BCUT2D eigenvalue weighted by atomic mass is 9.70. The Kier molecular flexibility index (Phi) is 5.80. The van der Waals surface area contributed by atoms with Gasteiger partial charge in [0.05, 0.1) is 53.5 Å². The van der Waals surface area contributed by atoms with E-state index in [1.807, 2.05) is 50.2 Å². The maximum Gasteiger partial charge on any atom is 0.170 e. The first-order valence-electron chi connectivity index (χ1n) is 11.7. The number of rotatable bonds is 5. The van der Waals surface area contributed by atoms with Gasteiger partial charge in [-0.15, -0.1) is 0 Å². The Morgan fingerprint density at radius 3 is 2.35 bits per heavy atom. The van der Waals surface area contributed by atoms with E-state index in [0.29, 0.717) is 44.5 Å². The molecule has 1 aromatic carbocycles. The van der Waals surface area contributed by atoms with Gasteiger partial charge in [0.25, 0.3) is 0 Å².